The molecule has 0 spiro atoms. The van der Waals surface area contributed by atoms with Crippen LogP contribution in [0.4, 0.5) is 0 Å². The molecule has 140 valence electrons. The van der Waals surface area contributed by atoms with Crippen molar-refractivity contribution in [1.82, 2.24) is 15.1 Å². The Morgan fingerprint density at radius 3 is 2.40 bits per heavy atom. The van der Waals surface area contributed by atoms with Crippen molar-refractivity contribution in [3.05, 3.63) is 35.9 Å². The van der Waals surface area contributed by atoms with Gasteiger partial charge in [-0.1, -0.05) is 44.2 Å². The van der Waals surface area contributed by atoms with E-state index in [2.05, 4.69) is 80.3 Å². The van der Waals surface area contributed by atoms with Crippen LogP contribution in [-0.2, 0) is 11.3 Å². The largest absolute Gasteiger partial charge is 0.353 e. The highest BCUT2D eigenvalue weighted by atomic mass is 16.2. The summed E-state index contributed by atoms with van der Waals surface area (Å²) < 4.78 is 0. The van der Waals surface area contributed by atoms with Crippen LogP contribution in [0.25, 0.3) is 0 Å². The highest BCUT2D eigenvalue weighted by molar-refractivity contribution is 5.79. The van der Waals surface area contributed by atoms with Gasteiger partial charge in [0.15, 0.2) is 0 Å². The lowest BCUT2D eigenvalue weighted by Gasteiger charge is -2.37. The summed E-state index contributed by atoms with van der Waals surface area (Å²) in [5.41, 5.74) is 1.41. The summed E-state index contributed by atoms with van der Waals surface area (Å²) in [5, 5.41) is 3.28. The van der Waals surface area contributed by atoms with Gasteiger partial charge >= 0.3 is 0 Å². The second-order valence-corrected chi connectivity index (χ2v) is 8.49. The summed E-state index contributed by atoms with van der Waals surface area (Å²) in [7, 11) is 4.16. The number of carbonyl (C=O) groups excluding carboxylic acids is 1. The van der Waals surface area contributed by atoms with Crippen molar-refractivity contribution in [2.45, 2.75) is 46.2 Å². The van der Waals surface area contributed by atoms with Gasteiger partial charge in [0.1, 0.15) is 0 Å². The monoisotopic (exact) mass is 345 g/mol. The number of hydrogen-bond acceptors (Lipinski definition) is 3. The predicted molar refractivity (Wildman–Crippen MR) is 104 cm³/mol. The van der Waals surface area contributed by atoms with Gasteiger partial charge in [-0.2, -0.15) is 0 Å². The van der Waals surface area contributed by atoms with Gasteiger partial charge in [-0.15, -0.1) is 0 Å². The normalized spacial score (nSPS) is 18.3. The molecule has 2 rings (SSSR count). The lowest BCUT2D eigenvalue weighted by molar-refractivity contribution is -0.128. The Labute approximate surface area is 153 Å². The van der Waals surface area contributed by atoms with Gasteiger partial charge in [0, 0.05) is 25.0 Å². The molecule has 1 aliphatic rings. The predicted octanol–water partition coefficient (Wildman–Crippen LogP) is 2.99. The van der Waals surface area contributed by atoms with Crippen molar-refractivity contribution in [2.24, 2.45) is 11.3 Å². The van der Waals surface area contributed by atoms with Gasteiger partial charge in [0.25, 0.3) is 0 Å². The first-order chi connectivity index (χ1) is 11.8. The number of benzene rings is 1. The molecule has 1 amide bonds. The minimum Gasteiger partial charge on any atom is -0.353 e. The fraction of sp³-hybridized carbons (Fsp3) is 0.667. The molecule has 4 heteroatoms. The lowest BCUT2D eigenvalue weighted by Crippen LogP contribution is -2.50. The van der Waals surface area contributed by atoms with Crippen molar-refractivity contribution in [3.63, 3.8) is 0 Å². The van der Waals surface area contributed by atoms with E-state index in [0.29, 0.717) is 0 Å². The van der Waals surface area contributed by atoms with Crippen LogP contribution in [0, 0.1) is 11.3 Å². The van der Waals surface area contributed by atoms with Crippen LogP contribution < -0.4 is 5.32 Å². The average Bonchev–Trinajstić information content (AvgIpc) is 2.55. The molecule has 1 aromatic rings. The van der Waals surface area contributed by atoms with Crippen molar-refractivity contribution >= 4 is 5.91 Å². The summed E-state index contributed by atoms with van der Waals surface area (Å²) in [6, 6.07) is 10.8. The molecule has 0 saturated carbocycles. The van der Waals surface area contributed by atoms with E-state index in [1.807, 2.05) is 0 Å². The Morgan fingerprint density at radius 2 is 1.84 bits per heavy atom. The van der Waals surface area contributed by atoms with Gasteiger partial charge in [-0.05, 0) is 57.9 Å². The molecule has 0 radical (unpaired) electrons. The van der Waals surface area contributed by atoms with Crippen LogP contribution in [0.1, 0.15) is 39.2 Å². The number of likely N-dealkylation sites (tertiary alicyclic amines) is 1. The van der Waals surface area contributed by atoms with E-state index in [-0.39, 0.29) is 23.3 Å². The molecule has 1 heterocycles. The summed E-state index contributed by atoms with van der Waals surface area (Å²) in [4.78, 5) is 17.3. The Morgan fingerprint density at radius 1 is 1.24 bits per heavy atom. The molecule has 0 aromatic heterocycles. The number of nitrogens with one attached hydrogen (secondary N) is 1. The van der Waals surface area contributed by atoms with E-state index in [0.717, 1.165) is 39.0 Å². The van der Waals surface area contributed by atoms with Gasteiger partial charge in [-0.3, -0.25) is 9.69 Å². The Balaban J connectivity index is 1.79. The van der Waals surface area contributed by atoms with Crippen LogP contribution in [0.5, 0.6) is 0 Å². The molecule has 0 bridgehead atoms. The highest BCUT2D eigenvalue weighted by Gasteiger charge is 2.31. The molecule has 1 aliphatic heterocycles. The second kappa shape index (κ2) is 8.81. The number of piperidine rings is 1. The molecule has 1 atom stereocenters. The van der Waals surface area contributed by atoms with Crippen LogP contribution in [-0.4, -0.2) is 55.5 Å². The first-order valence-electron chi connectivity index (χ1n) is 9.49. The third-order valence-electron chi connectivity index (χ3n) is 5.46. The molecule has 1 unspecified atom stereocenters. The third kappa shape index (κ3) is 6.12. The van der Waals surface area contributed by atoms with E-state index in [9.17, 15) is 4.79 Å². The quantitative estimate of drug-likeness (QED) is 0.825. The summed E-state index contributed by atoms with van der Waals surface area (Å²) in [6.45, 7) is 10.5. The van der Waals surface area contributed by atoms with Gasteiger partial charge in [-0.25, -0.2) is 0 Å². The van der Waals surface area contributed by atoms with E-state index in [4.69, 9.17) is 0 Å². The maximum atomic E-state index is 12.7. The van der Waals surface area contributed by atoms with Gasteiger partial charge in [0.05, 0.1) is 0 Å². The van der Waals surface area contributed by atoms with Crippen molar-refractivity contribution in [2.75, 3.05) is 33.7 Å². The number of amides is 1. The number of rotatable bonds is 7. The number of hydrogen-bond donors (Lipinski definition) is 1. The lowest BCUT2D eigenvalue weighted by atomic mass is 9.84. The smallest absolute Gasteiger partial charge is 0.223 e. The molecule has 4 nitrogen and oxygen atoms in total. The third-order valence-corrected chi connectivity index (χ3v) is 5.46. The first-order valence-corrected chi connectivity index (χ1v) is 9.49. The average molecular weight is 346 g/mol. The maximum Gasteiger partial charge on any atom is 0.223 e. The number of nitrogens with zero attached hydrogens (tertiary/aromatic N) is 2. The summed E-state index contributed by atoms with van der Waals surface area (Å²) in [5.74, 6) is 0.392. The Kier molecular flexibility index (Phi) is 7.03. The van der Waals surface area contributed by atoms with Crippen LogP contribution in [0.2, 0.25) is 0 Å². The van der Waals surface area contributed by atoms with Gasteiger partial charge in [0.2, 0.25) is 5.91 Å². The number of carbonyl (C=O) groups is 1. The topological polar surface area (TPSA) is 35.6 Å². The second-order valence-electron chi connectivity index (χ2n) is 8.49. The molecule has 25 heavy (non-hydrogen) atoms. The zero-order chi connectivity index (χ0) is 18.4. The van der Waals surface area contributed by atoms with Crippen LogP contribution >= 0.6 is 0 Å². The Bertz CT molecular complexity index is 533. The minimum absolute atomic E-state index is 0.0627. The fourth-order valence-corrected chi connectivity index (χ4v) is 3.67. The SMILES string of the molecule is CC(NC(=O)C1CCN(Cc2ccccc2)CC1)C(C)(C)CN(C)C. The molecule has 0 aliphatic carbocycles. The maximum absolute atomic E-state index is 12.7. The molecular weight excluding hydrogens is 310 g/mol. The standard InChI is InChI=1S/C21H35N3O/c1-17(21(2,3)16-23(4)5)22-20(25)19-11-13-24(14-12-19)15-18-9-7-6-8-10-18/h6-10,17,19H,11-16H2,1-5H3,(H,22,25). The van der Waals surface area contributed by atoms with Crippen LogP contribution in [0.15, 0.2) is 30.3 Å². The van der Waals surface area contributed by atoms with E-state index in [1.54, 1.807) is 0 Å². The van der Waals surface area contributed by atoms with Gasteiger partial charge < -0.3 is 10.2 Å². The summed E-state index contributed by atoms with van der Waals surface area (Å²) in [6.07, 6.45) is 1.92. The fourth-order valence-electron chi connectivity index (χ4n) is 3.67. The van der Waals surface area contributed by atoms with E-state index < -0.39 is 0 Å². The van der Waals surface area contributed by atoms with Crippen molar-refractivity contribution in [1.29, 1.82) is 0 Å². The molecular formula is C21H35N3O. The Hall–Kier alpha value is -1.39. The van der Waals surface area contributed by atoms with Crippen LogP contribution in [0.3, 0.4) is 0 Å². The molecule has 1 N–H and O–H groups in total. The molecule has 1 saturated heterocycles. The summed E-state index contributed by atoms with van der Waals surface area (Å²) >= 11 is 0. The van der Waals surface area contributed by atoms with Crippen molar-refractivity contribution < 1.29 is 4.79 Å². The molecule has 1 aromatic carbocycles. The zero-order valence-corrected chi connectivity index (χ0v) is 16.6. The van der Waals surface area contributed by atoms with E-state index >= 15 is 0 Å². The first kappa shape index (κ1) is 19.9. The van der Waals surface area contributed by atoms with E-state index in [1.165, 1.54) is 5.56 Å². The minimum atomic E-state index is 0.0627. The molecule has 1 fully saturated rings. The van der Waals surface area contributed by atoms with Crippen molar-refractivity contribution in [3.8, 4) is 0 Å². The highest BCUT2D eigenvalue weighted by Crippen LogP contribution is 2.24. The zero-order valence-electron chi connectivity index (χ0n) is 16.6.